The number of fused-ring (bicyclic) bond motifs is 1. The van der Waals surface area contributed by atoms with Crippen molar-refractivity contribution in [1.29, 1.82) is 0 Å². The Hall–Kier alpha value is -2.21. The van der Waals surface area contributed by atoms with Crippen LogP contribution in [0.4, 0.5) is 11.4 Å². The van der Waals surface area contributed by atoms with Crippen LogP contribution in [0.1, 0.15) is 31.9 Å². The van der Waals surface area contributed by atoms with E-state index in [1.54, 1.807) is 0 Å². The minimum absolute atomic E-state index is 0.128. The van der Waals surface area contributed by atoms with Gasteiger partial charge in [0.2, 0.25) is 5.91 Å². The monoisotopic (exact) mass is 432 g/mol. The van der Waals surface area contributed by atoms with Crippen LogP contribution in [-0.2, 0) is 11.2 Å². The molecule has 2 aromatic rings. The summed E-state index contributed by atoms with van der Waals surface area (Å²) < 4.78 is 12.5. The van der Waals surface area contributed by atoms with E-state index in [1.165, 1.54) is 0 Å². The predicted octanol–water partition coefficient (Wildman–Crippen LogP) is 4.92. The van der Waals surface area contributed by atoms with Crippen LogP contribution in [0.3, 0.4) is 0 Å². The number of carbonyl (C=O) groups is 1. The fourth-order valence-electron chi connectivity index (χ4n) is 3.09. The van der Waals surface area contributed by atoms with Gasteiger partial charge in [-0.1, -0.05) is 6.07 Å². The second-order valence-electron chi connectivity index (χ2n) is 6.86. The Morgan fingerprint density at radius 3 is 2.81 bits per heavy atom. The molecule has 0 aromatic heterocycles. The SMILES string of the molecule is CCOc1cc2c(cc1N[C@H](C)C(=O)Nc1ccc(C)cc1Br)O[C@H](C)C2. The number of rotatable bonds is 6. The summed E-state index contributed by atoms with van der Waals surface area (Å²) in [5.74, 6) is 1.46. The molecule has 1 aliphatic heterocycles. The van der Waals surface area contributed by atoms with Crippen molar-refractivity contribution in [3.8, 4) is 11.5 Å². The van der Waals surface area contributed by atoms with Crippen molar-refractivity contribution in [3.63, 3.8) is 0 Å². The van der Waals surface area contributed by atoms with E-state index in [-0.39, 0.29) is 12.0 Å². The molecule has 2 N–H and O–H groups in total. The molecular formula is C21H25BrN2O3. The van der Waals surface area contributed by atoms with Gasteiger partial charge in [-0.05, 0) is 67.4 Å². The molecule has 2 aromatic carbocycles. The molecule has 0 unspecified atom stereocenters. The lowest BCUT2D eigenvalue weighted by atomic mass is 10.1. The molecule has 144 valence electrons. The van der Waals surface area contributed by atoms with Crippen molar-refractivity contribution in [3.05, 3.63) is 45.9 Å². The molecule has 0 spiro atoms. The average molecular weight is 433 g/mol. The van der Waals surface area contributed by atoms with Crippen LogP contribution in [0.15, 0.2) is 34.8 Å². The van der Waals surface area contributed by atoms with Gasteiger partial charge in [-0.2, -0.15) is 0 Å². The first-order chi connectivity index (χ1) is 12.9. The van der Waals surface area contributed by atoms with Gasteiger partial charge in [-0.15, -0.1) is 0 Å². The quantitative estimate of drug-likeness (QED) is 0.679. The number of amides is 1. The minimum Gasteiger partial charge on any atom is -0.492 e. The highest BCUT2D eigenvalue weighted by molar-refractivity contribution is 9.10. The van der Waals surface area contributed by atoms with Gasteiger partial charge in [-0.25, -0.2) is 0 Å². The smallest absolute Gasteiger partial charge is 0.246 e. The van der Waals surface area contributed by atoms with Gasteiger partial charge in [0.05, 0.1) is 18.0 Å². The highest BCUT2D eigenvalue weighted by atomic mass is 79.9. The zero-order valence-electron chi connectivity index (χ0n) is 16.1. The zero-order chi connectivity index (χ0) is 19.6. The van der Waals surface area contributed by atoms with Crippen molar-refractivity contribution < 1.29 is 14.3 Å². The van der Waals surface area contributed by atoms with Crippen LogP contribution in [0.2, 0.25) is 0 Å². The highest BCUT2D eigenvalue weighted by Crippen LogP contribution is 2.38. The van der Waals surface area contributed by atoms with Gasteiger partial charge < -0.3 is 20.1 Å². The molecule has 0 saturated carbocycles. The number of halogens is 1. The minimum atomic E-state index is -0.450. The lowest BCUT2D eigenvalue weighted by molar-refractivity contribution is -0.116. The van der Waals surface area contributed by atoms with Crippen molar-refractivity contribution in [1.82, 2.24) is 0 Å². The molecule has 0 radical (unpaired) electrons. The molecule has 0 aliphatic carbocycles. The molecule has 5 nitrogen and oxygen atoms in total. The molecule has 0 bridgehead atoms. The summed E-state index contributed by atoms with van der Waals surface area (Å²) >= 11 is 3.49. The van der Waals surface area contributed by atoms with Crippen LogP contribution in [-0.4, -0.2) is 24.7 Å². The van der Waals surface area contributed by atoms with Crippen molar-refractivity contribution in [2.75, 3.05) is 17.2 Å². The summed E-state index contributed by atoms with van der Waals surface area (Å²) in [5.41, 5.74) is 3.77. The first kappa shape index (κ1) is 19.5. The molecule has 2 atom stereocenters. The number of ether oxygens (including phenoxy) is 2. The van der Waals surface area contributed by atoms with Crippen LogP contribution >= 0.6 is 15.9 Å². The fourth-order valence-corrected chi connectivity index (χ4v) is 3.68. The molecule has 1 aliphatic rings. The summed E-state index contributed by atoms with van der Waals surface area (Å²) in [7, 11) is 0. The number of carbonyl (C=O) groups excluding carboxylic acids is 1. The Kier molecular flexibility index (Phi) is 5.95. The van der Waals surface area contributed by atoms with E-state index in [9.17, 15) is 4.79 Å². The molecule has 1 amide bonds. The maximum absolute atomic E-state index is 12.6. The molecule has 6 heteroatoms. The third kappa shape index (κ3) is 4.56. The number of hydrogen-bond donors (Lipinski definition) is 2. The summed E-state index contributed by atoms with van der Waals surface area (Å²) in [5, 5.41) is 6.21. The normalized spacial score (nSPS) is 16.3. The van der Waals surface area contributed by atoms with Crippen molar-refractivity contribution in [2.24, 2.45) is 0 Å². The highest BCUT2D eigenvalue weighted by Gasteiger charge is 2.23. The number of aryl methyl sites for hydroxylation is 1. The van der Waals surface area contributed by atoms with Crippen LogP contribution in [0.25, 0.3) is 0 Å². The first-order valence-corrected chi connectivity index (χ1v) is 9.96. The van der Waals surface area contributed by atoms with Gasteiger partial charge in [-0.3, -0.25) is 4.79 Å². The van der Waals surface area contributed by atoms with Crippen LogP contribution < -0.4 is 20.1 Å². The molecule has 27 heavy (non-hydrogen) atoms. The van der Waals surface area contributed by atoms with E-state index in [0.29, 0.717) is 6.61 Å². The summed E-state index contributed by atoms with van der Waals surface area (Å²) in [4.78, 5) is 12.6. The molecule has 0 fully saturated rings. The standard InChI is InChI=1S/C21H25BrN2O3/c1-5-26-20-10-15-9-13(3)27-19(15)11-18(20)23-14(4)21(25)24-17-7-6-12(2)8-16(17)22/h6-8,10-11,13-14,23H,5,9H2,1-4H3,(H,24,25)/t13-,14-/m1/s1. The van der Waals surface area contributed by atoms with Gasteiger partial charge in [0.25, 0.3) is 0 Å². The second kappa shape index (κ2) is 8.21. The van der Waals surface area contributed by atoms with Crippen LogP contribution in [0, 0.1) is 6.92 Å². The van der Waals surface area contributed by atoms with Crippen molar-refractivity contribution in [2.45, 2.75) is 46.3 Å². The Morgan fingerprint density at radius 2 is 2.11 bits per heavy atom. The molecular weight excluding hydrogens is 408 g/mol. The maximum Gasteiger partial charge on any atom is 0.246 e. The van der Waals surface area contributed by atoms with Crippen molar-refractivity contribution >= 4 is 33.2 Å². The fraction of sp³-hybridized carbons (Fsp3) is 0.381. The number of benzene rings is 2. The number of anilines is 2. The second-order valence-corrected chi connectivity index (χ2v) is 7.71. The van der Waals surface area contributed by atoms with E-state index in [1.807, 2.05) is 58.0 Å². The maximum atomic E-state index is 12.6. The molecule has 1 heterocycles. The largest absolute Gasteiger partial charge is 0.492 e. The molecule has 3 rings (SSSR count). The Labute approximate surface area is 168 Å². The number of nitrogens with one attached hydrogen (secondary N) is 2. The van der Waals surface area contributed by atoms with Gasteiger partial charge in [0, 0.05) is 22.5 Å². The lowest BCUT2D eigenvalue weighted by Gasteiger charge is -2.19. The summed E-state index contributed by atoms with van der Waals surface area (Å²) in [6.07, 6.45) is 1.03. The van der Waals surface area contributed by atoms with E-state index in [2.05, 4.69) is 26.6 Å². The van der Waals surface area contributed by atoms with Crippen LogP contribution in [0.5, 0.6) is 11.5 Å². The first-order valence-electron chi connectivity index (χ1n) is 9.17. The summed E-state index contributed by atoms with van der Waals surface area (Å²) in [6.45, 7) is 8.38. The topological polar surface area (TPSA) is 59.6 Å². The van der Waals surface area contributed by atoms with Gasteiger partial charge >= 0.3 is 0 Å². The Bertz CT molecular complexity index is 854. The average Bonchev–Trinajstić information content (AvgIpc) is 2.96. The number of hydrogen-bond acceptors (Lipinski definition) is 4. The lowest BCUT2D eigenvalue weighted by Crippen LogP contribution is -2.32. The van der Waals surface area contributed by atoms with E-state index in [0.717, 1.165) is 44.9 Å². The Morgan fingerprint density at radius 1 is 1.33 bits per heavy atom. The molecule has 0 saturated heterocycles. The third-order valence-corrected chi connectivity index (χ3v) is 5.10. The van der Waals surface area contributed by atoms with E-state index >= 15 is 0 Å². The third-order valence-electron chi connectivity index (χ3n) is 4.45. The summed E-state index contributed by atoms with van der Waals surface area (Å²) in [6, 6.07) is 9.31. The van der Waals surface area contributed by atoms with E-state index in [4.69, 9.17) is 9.47 Å². The zero-order valence-corrected chi connectivity index (χ0v) is 17.6. The Balaban J connectivity index is 1.75. The predicted molar refractivity (Wildman–Crippen MR) is 112 cm³/mol. The van der Waals surface area contributed by atoms with Gasteiger partial charge in [0.1, 0.15) is 23.6 Å². The van der Waals surface area contributed by atoms with Gasteiger partial charge in [0.15, 0.2) is 0 Å². The van der Waals surface area contributed by atoms with E-state index < -0.39 is 6.04 Å².